The van der Waals surface area contributed by atoms with Crippen molar-refractivity contribution in [2.24, 2.45) is 11.5 Å². The molecule has 0 aliphatic carbocycles. The Morgan fingerprint density at radius 3 is 2.43 bits per heavy atom. The number of carbonyl (C=O) groups is 1. The molecule has 2 rings (SSSR count). The predicted molar refractivity (Wildman–Crippen MR) is 89.7 cm³/mol. The van der Waals surface area contributed by atoms with Gasteiger partial charge >= 0.3 is 0 Å². The van der Waals surface area contributed by atoms with Crippen molar-refractivity contribution in [2.75, 3.05) is 0 Å². The fourth-order valence-corrected chi connectivity index (χ4v) is 2.53. The number of halogens is 2. The van der Waals surface area contributed by atoms with Crippen LogP contribution >= 0.6 is 9.24 Å². The number of carbonyl (C=O) groups excluding carboxylic acids is 1. The minimum absolute atomic E-state index is 0.0296. The minimum atomic E-state index is -0.833. The van der Waals surface area contributed by atoms with Gasteiger partial charge in [-0.2, -0.15) is 0 Å². The maximum Gasteiger partial charge on any atom is 0.249 e. The predicted octanol–water partition coefficient (Wildman–Crippen LogP) is 1.93. The van der Waals surface area contributed by atoms with Crippen LogP contribution in [-0.2, 0) is 0 Å². The van der Waals surface area contributed by atoms with Crippen LogP contribution in [0.4, 0.5) is 8.78 Å². The number of nitrogens with two attached hydrogens (primary N) is 2. The number of allylic oxidation sites excluding steroid dienone is 1. The summed E-state index contributed by atoms with van der Waals surface area (Å²) >= 11 is 0. The molecule has 0 radical (unpaired) electrons. The van der Waals surface area contributed by atoms with Crippen molar-refractivity contribution in [1.29, 1.82) is 5.41 Å². The van der Waals surface area contributed by atoms with E-state index in [0.29, 0.717) is 11.4 Å². The van der Waals surface area contributed by atoms with Gasteiger partial charge in [0.1, 0.15) is 11.6 Å². The van der Waals surface area contributed by atoms with Gasteiger partial charge < -0.3 is 16.9 Å². The molecule has 0 fully saturated rings. The van der Waals surface area contributed by atoms with Crippen LogP contribution in [0.5, 0.6) is 0 Å². The number of nitrogens with one attached hydrogen (secondary N) is 1. The van der Waals surface area contributed by atoms with Gasteiger partial charge in [-0.05, 0) is 29.6 Å². The Balaban J connectivity index is 2.48. The van der Waals surface area contributed by atoms with E-state index in [1.54, 1.807) is 12.1 Å². The minimum Gasteiger partial charge on any atom is -0.398 e. The number of amides is 1. The fraction of sp³-hybridized carbons (Fsp3) is 0. The van der Waals surface area contributed by atoms with Crippen LogP contribution < -0.4 is 16.8 Å². The second-order valence-corrected chi connectivity index (χ2v) is 5.39. The van der Waals surface area contributed by atoms with E-state index in [-0.39, 0.29) is 28.1 Å². The van der Waals surface area contributed by atoms with Gasteiger partial charge in [-0.25, -0.2) is 8.78 Å². The highest BCUT2D eigenvalue weighted by atomic mass is 31.0. The van der Waals surface area contributed by atoms with E-state index in [1.807, 2.05) is 0 Å². The number of rotatable bonds is 4. The van der Waals surface area contributed by atoms with Gasteiger partial charge in [-0.3, -0.25) is 4.79 Å². The third-order valence-corrected chi connectivity index (χ3v) is 3.65. The highest BCUT2D eigenvalue weighted by Gasteiger charge is 2.15. The number of hydrogen-bond donors (Lipinski definition) is 3. The lowest BCUT2D eigenvalue weighted by molar-refractivity contribution is 0.1000. The molecule has 1 atom stereocenters. The van der Waals surface area contributed by atoms with Gasteiger partial charge in [0.25, 0.3) is 0 Å². The normalized spacial score (nSPS) is 11.3. The molecule has 0 aliphatic rings. The lowest BCUT2D eigenvalue weighted by atomic mass is 10.00. The smallest absolute Gasteiger partial charge is 0.249 e. The molecule has 118 valence electrons. The summed E-state index contributed by atoms with van der Waals surface area (Å²) in [5.41, 5.74) is 11.4. The first kappa shape index (κ1) is 16.8. The van der Waals surface area contributed by atoms with Crippen molar-refractivity contribution in [3.05, 3.63) is 70.8 Å². The third-order valence-electron chi connectivity index (χ3n) is 3.17. The molecule has 0 heterocycles. The van der Waals surface area contributed by atoms with E-state index in [4.69, 9.17) is 16.9 Å². The van der Waals surface area contributed by atoms with Gasteiger partial charge in [0.05, 0.1) is 5.71 Å². The highest BCUT2D eigenvalue weighted by molar-refractivity contribution is 7.27. The Bertz CT molecular complexity index is 834. The summed E-state index contributed by atoms with van der Waals surface area (Å²) in [5, 5.41) is 8.70. The van der Waals surface area contributed by atoms with Crippen LogP contribution in [0.2, 0.25) is 0 Å². The Kier molecular flexibility index (Phi) is 4.86. The third kappa shape index (κ3) is 3.60. The quantitative estimate of drug-likeness (QED) is 0.589. The molecule has 1 amide bonds. The van der Waals surface area contributed by atoms with E-state index >= 15 is 0 Å². The molecule has 0 saturated carbocycles. The first-order valence-electron chi connectivity index (χ1n) is 6.51. The second-order valence-electron chi connectivity index (χ2n) is 4.77. The van der Waals surface area contributed by atoms with Crippen molar-refractivity contribution in [3.8, 4) is 0 Å². The summed E-state index contributed by atoms with van der Waals surface area (Å²) in [5.74, 6) is -2.24. The maximum atomic E-state index is 13.7. The lowest BCUT2D eigenvalue weighted by Gasteiger charge is -2.10. The monoisotopic (exact) mass is 333 g/mol. The van der Waals surface area contributed by atoms with Crippen molar-refractivity contribution >= 4 is 31.9 Å². The van der Waals surface area contributed by atoms with E-state index in [9.17, 15) is 13.6 Å². The molecule has 23 heavy (non-hydrogen) atoms. The molecule has 4 nitrogen and oxygen atoms in total. The Hall–Kier alpha value is -2.59. The molecule has 2 aromatic rings. The van der Waals surface area contributed by atoms with E-state index in [0.717, 1.165) is 6.07 Å². The molecule has 0 spiro atoms. The standard InChI is InChI=1S/C16H14F2N3OP/c17-8-4-5-9(11(18)6-8)12(19)7-13(20)15-10(16(21)22)2-1-3-14(15)23/h1-7,20H,19,23H2,(H2,21,22)/b12-7-,20-13?. The molecule has 1 unspecified atom stereocenters. The first-order valence-corrected chi connectivity index (χ1v) is 7.08. The van der Waals surface area contributed by atoms with Crippen molar-refractivity contribution in [1.82, 2.24) is 0 Å². The molecule has 0 saturated heterocycles. The average molecular weight is 333 g/mol. The molecular weight excluding hydrogens is 319 g/mol. The number of hydrogen-bond acceptors (Lipinski definition) is 3. The zero-order chi connectivity index (χ0) is 17.1. The number of primary amides is 1. The van der Waals surface area contributed by atoms with E-state index in [1.165, 1.54) is 18.2 Å². The van der Waals surface area contributed by atoms with Crippen molar-refractivity contribution < 1.29 is 13.6 Å². The van der Waals surface area contributed by atoms with Gasteiger partial charge in [0, 0.05) is 28.5 Å². The largest absolute Gasteiger partial charge is 0.398 e. The van der Waals surface area contributed by atoms with Gasteiger partial charge in [-0.15, -0.1) is 9.24 Å². The fourth-order valence-electron chi connectivity index (χ4n) is 2.11. The van der Waals surface area contributed by atoms with Gasteiger partial charge in [0.15, 0.2) is 0 Å². The molecule has 7 heteroatoms. The van der Waals surface area contributed by atoms with Crippen LogP contribution in [0.25, 0.3) is 5.70 Å². The van der Waals surface area contributed by atoms with Crippen LogP contribution in [0.3, 0.4) is 0 Å². The molecule has 0 bridgehead atoms. The SMILES string of the molecule is N=C(/C=C(\N)c1ccc(F)cc1F)c1c(P)cccc1C(N)=O. The average Bonchev–Trinajstić information content (AvgIpc) is 2.46. The zero-order valence-corrected chi connectivity index (χ0v) is 13.1. The van der Waals surface area contributed by atoms with E-state index in [2.05, 4.69) is 9.24 Å². The van der Waals surface area contributed by atoms with Gasteiger partial charge in [-0.1, -0.05) is 12.1 Å². The van der Waals surface area contributed by atoms with Crippen LogP contribution in [0.15, 0.2) is 42.5 Å². The van der Waals surface area contributed by atoms with Gasteiger partial charge in [0.2, 0.25) is 5.91 Å². The molecule has 0 aliphatic heterocycles. The Labute approximate surface area is 133 Å². The first-order chi connectivity index (χ1) is 10.8. The summed E-state index contributed by atoms with van der Waals surface area (Å²) in [7, 11) is 2.40. The summed E-state index contributed by atoms with van der Waals surface area (Å²) in [6.07, 6.45) is 1.20. The molecular formula is C16H14F2N3OP. The highest BCUT2D eigenvalue weighted by Crippen LogP contribution is 2.17. The zero-order valence-electron chi connectivity index (χ0n) is 11.9. The van der Waals surface area contributed by atoms with Crippen LogP contribution in [0, 0.1) is 17.0 Å². The van der Waals surface area contributed by atoms with Crippen LogP contribution in [0.1, 0.15) is 21.5 Å². The van der Waals surface area contributed by atoms with Crippen molar-refractivity contribution in [3.63, 3.8) is 0 Å². The summed E-state index contributed by atoms with van der Waals surface area (Å²) in [6, 6.07) is 7.77. The Morgan fingerprint density at radius 2 is 1.83 bits per heavy atom. The molecule has 5 N–H and O–H groups in total. The lowest BCUT2D eigenvalue weighted by Crippen LogP contribution is -2.21. The second kappa shape index (κ2) is 6.67. The van der Waals surface area contributed by atoms with Crippen molar-refractivity contribution in [2.45, 2.75) is 0 Å². The van der Waals surface area contributed by atoms with E-state index < -0.39 is 17.5 Å². The summed E-state index contributed by atoms with van der Waals surface area (Å²) < 4.78 is 26.7. The molecule has 0 aromatic heterocycles. The molecule has 2 aromatic carbocycles. The Morgan fingerprint density at radius 1 is 1.13 bits per heavy atom. The topological polar surface area (TPSA) is 93.0 Å². The van der Waals surface area contributed by atoms with Crippen LogP contribution in [-0.4, -0.2) is 11.6 Å². The summed E-state index contributed by atoms with van der Waals surface area (Å²) in [4.78, 5) is 11.5. The maximum absolute atomic E-state index is 13.7. The number of benzene rings is 2. The summed E-state index contributed by atoms with van der Waals surface area (Å²) in [6.45, 7) is 0.